The molecule has 2 aromatic carbocycles. The Morgan fingerprint density at radius 1 is 1.10 bits per heavy atom. The molecule has 108 valence electrons. The summed E-state index contributed by atoms with van der Waals surface area (Å²) >= 11 is 0. The smallest absolute Gasteiger partial charge is 0.131 e. The van der Waals surface area contributed by atoms with Crippen molar-refractivity contribution in [3.05, 3.63) is 47.8 Å². The summed E-state index contributed by atoms with van der Waals surface area (Å²) in [6.45, 7) is 7.71. The van der Waals surface area contributed by atoms with Crippen LogP contribution in [0.25, 0.3) is 10.8 Å². The van der Waals surface area contributed by atoms with Crippen molar-refractivity contribution in [2.45, 2.75) is 38.5 Å². The Morgan fingerprint density at radius 3 is 2.30 bits per heavy atom. The molecule has 0 saturated heterocycles. The first-order valence-corrected chi connectivity index (χ1v) is 7.81. The van der Waals surface area contributed by atoms with Gasteiger partial charge in [-0.2, -0.15) is 0 Å². The van der Waals surface area contributed by atoms with E-state index >= 15 is 0 Å². The number of hydrogen-bond acceptors (Lipinski definition) is 1. The molecule has 2 rings (SSSR count). The van der Waals surface area contributed by atoms with Gasteiger partial charge < -0.3 is 0 Å². The monoisotopic (exact) mass is 293 g/mol. The quantitative estimate of drug-likeness (QED) is 0.907. The second kappa shape index (κ2) is 5.62. The van der Waals surface area contributed by atoms with Crippen molar-refractivity contribution in [2.24, 2.45) is 0 Å². The van der Waals surface area contributed by atoms with Crippen molar-refractivity contribution >= 4 is 21.8 Å². The number of rotatable bonds is 3. The summed E-state index contributed by atoms with van der Waals surface area (Å²) in [7, 11) is -1.16. The topological polar surface area (TPSA) is 29.1 Å². The van der Waals surface area contributed by atoms with Crippen LogP contribution in [0.1, 0.15) is 39.3 Å². The number of hydrogen-bond donors (Lipinski definition) is 1. The predicted molar refractivity (Wildman–Crippen MR) is 83.4 cm³/mol. The second-order valence-electron chi connectivity index (χ2n) is 5.90. The third-order valence-corrected chi connectivity index (χ3v) is 4.89. The molecule has 0 aliphatic heterocycles. The molecular weight excluding hydrogens is 273 g/mol. The fraction of sp³-hybridized carbons (Fsp3) is 0.375. The molecule has 2 atom stereocenters. The highest BCUT2D eigenvalue weighted by Gasteiger charge is 2.22. The lowest BCUT2D eigenvalue weighted by Gasteiger charge is -2.23. The van der Waals surface area contributed by atoms with Gasteiger partial charge in [0.25, 0.3) is 0 Å². The van der Waals surface area contributed by atoms with E-state index in [1.165, 1.54) is 6.07 Å². The summed E-state index contributed by atoms with van der Waals surface area (Å²) in [5, 5.41) is 1.46. The van der Waals surface area contributed by atoms with Crippen LogP contribution in [0, 0.1) is 5.82 Å². The average Bonchev–Trinajstić information content (AvgIpc) is 2.38. The van der Waals surface area contributed by atoms with Gasteiger partial charge >= 0.3 is 0 Å². The van der Waals surface area contributed by atoms with Crippen molar-refractivity contribution in [3.8, 4) is 0 Å². The van der Waals surface area contributed by atoms with Crippen LogP contribution in [-0.4, -0.2) is 8.96 Å². The molecule has 0 aromatic heterocycles. The van der Waals surface area contributed by atoms with E-state index in [1.54, 1.807) is 12.1 Å². The summed E-state index contributed by atoms with van der Waals surface area (Å²) in [6, 6.07) is 10.5. The lowest BCUT2D eigenvalue weighted by molar-refractivity contribution is 0.616. The highest BCUT2D eigenvalue weighted by molar-refractivity contribution is 7.84. The van der Waals surface area contributed by atoms with E-state index in [1.807, 2.05) is 45.9 Å². The van der Waals surface area contributed by atoms with Crippen molar-refractivity contribution in [1.82, 2.24) is 4.72 Å². The van der Waals surface area contributed by atoms with Crippen LogP contribution in [0.5, 0.6) is 0 Å². The van der Waals surface area contributed by atoms with Crippen molar-refractivity contribution < 1.29 is 8.60 Å². The van der Waals surface area contributed by atoms with Crippen LogP contribution in [0.3, 0.4) is 0 Å². The standard InChI is InChI=1S/C16H20FNOS/c1-11(18-20(19)16(2,3)4)12-9-10-15(17)14-8-6-5-7-13(12)14/h5-11,18H,1-4H3. The molecule has 0 heterocycles. The predicted octanol–water partition coefficient (Wildman–Crippen LogP) is 4.09. The molecule has 2 aromatic rings. The zero-order chi connectivity index (χ0) is 14.9. The van der Waals surface area contributed by atoms with Crippen molar-refractivity contribution in [1.29, 1.82) is 0 Å². The van der Waals surface area contributed by atoms with Gasteiger partial charge in [-0.05, 0) is 44.7 Å². The van der Waals surface area contributed by atoms with Gasteiger partial charge in [0, 0.05) is 11.4 Å². The number of benzene rings is 2. The molecule has 0 saturated carbocycles. The molecule has 0 bridgehead atoms. The largest absolute Gasteiger partial charge is 0.242 e. The molecule has 0 spiro atoms. The third-order valence-electron chi connectivity index (χ3n) is 3.21. The van der Waals surface area contributed by atoms with Gasteiger partial charge in [0.05, 0.1) is 15.7 Å². The Balaban J connectivity index is 2.38. The van der Waals surface area contributed by atoms with Gasteiger partial charge in [0.15, 0.2) is 0 Å². The van der Waals surface area contributed by atoms with Crippen molar-refractivity contribution in [3.63, 3.8) is 0 Å². The highest BCUT2D eigenvalue weighted by atomic mass is 32.2. The maximum atomic E-state index is 13.8. The maximum absolute atomic E-state index is 13.8. The molecule has 0 aliphatic carbocycles. The minimum atomic E-state index is -1.16. The third kappa shape index (κ3) is 3.07. The van der Waals surface area contributed by atoms with Crippen molar-refractivity contribution in [2.75, 3.05) is 0 Å². The molecule has 4 heteroatoms. The van der Waals surface area contributed by atoms with Crippen LogP contribution in [-0.2, 0) is 11.0 Å². The minimum absolute atomic E-state index is 0.111. The molecule has 2 unspecified atom stereocenters. The number of halogens is 1. The van der Waals surface area contributed by atoms with Crippen LogP contribution < -0.4 is 4.72 Å². The van der Waals surface area contributed by atoms with Gasteiger partial charge in [-0.3, -0.25) is 0 Å². The summed E-state index contributed by atoms with van der Waals surface area (Å²) in [4.78, 5) is 0. The van der Waals surface area contributed by atoms with E-state index in [-0.39, 0.29) is 16.6 Å². The Hall–Kier alpha value is -1.26. The van der Waals surface area contributed by atoms with Crippen LogP contribution in [0.15, 0.2) is 36.4 Å². The summed E-state index contributed by atoms with van der Waals surface area (Å²) in [6.07, 6.45) is 0. The molecule has 0 fully saturated rings. The molecular formula is C16H20FNOS. The summed E-state index contributed by atoms with van der Waals surface area (Å²) in [5.74, 6) is -0.228. The van der Waals surface area contributed by atoms with E-state index in [4.69, 9.17) is 0 Å². The van der Waals surface area contributed by atoms with E-state index in [2.05, 4.69) is 4.72 Å². The molecule has 0 radical (unpaired) electrons. The molecule has 1 N–H and O–H groups in total. The van der Waals surface area contributed by atoms with Gasteiger partial charge in [0.1, 0.15) is 5.82 Å². The van der Waals surface area contributed by atoms with Crippen LogP contribution in [0.4, 0.5) is 4.39 Å². The summed E-state index contributed by atoms with van der Waals surface area (Å²) in [5.41, 5.74) is 0.958. The molecule has 2 nitrogen and oxygen atoms in total. The number of fused-ring (bicyclic) bond motifs is 1. The van der Waals surface area contributed by atoms with Crippen LogP contribution >= 0.6 is 0 Å². The van der Waals surface area contributed by atoms with E-state index in [0.29, 0.717) is 5.39 Å². The van der Waals surface area contributed by atoms with Gasteiger partial charge in [-0.1, -0.05) is 30.3 Å². The second-order valence-corrected chi connectivity index (χ2v) is 7.90. The first kappa shape index (κ1) is 15.1. The fourth-order valence-electron chi connectivity index (χ4n) is 2.06. The van der Waals surface area contributed by atoms with E-state index in [0.717, 1.165) is 10.9 Å². The average molecular weight is 293 g/mol. The SMILES string of the molecule is CC(NS(=O)C(C)(C)C)c1ccc(F)c2ccccc12. The Labute approximate surface area is 122 Å². The van der Waals surface area contributed by atoms with Gasteiger partial charge in [-0.15, -0.1) is 0 Å². The summed E-state index contributed by atoms with van der Waals surface area (Å²) < 4.78 is 28.7. The zero-order valence-corrected chi connectivity index (χ0v) is 13.1. The lowest BCUT2D eigenvalue weighted by Crippen LogP contribution is -2.34. The zero-order valence-electron chi connectivity index (χ0n) is 12.2. The minimum Gasteiger partial charge on any atom is -0.242 e. The first-order valence-electron chi connectivity index (χ1n) is 6.66. The van der Waals surface area contributed by atoms with E-state index < -0.39 is 11.0 Å². The lowest BCUT2D eigenvalue weighted by atomic mass is 10.00. The maximum Gasteiger partial charge on any atom is 0.131 e. The fourth-order valence-corrected chi connectivity index (χ4v) is 2.87. The highest BCUT2D eigenvalue weighted by Crippen LogP contribution is 2.27. The Kier molecular flexibility index (Phi) is 4.25. The Morgan fingerprint density at radius 2 is 1.70 bits per heavy atom. The number of nitrogens with one attached hydrogen (secondary N) is 1. The van der Waals surface area contributed by atoms with Gasteiger partial charge in [-0.25, -0.2) is 13.3 Å². The molecule has 0 amide bonds. The molecule has 20 heavy (non-hydrogen) atoms. The first-order chi connectivity index (χ1) is 9.30. The molecule has 0 aliphatic rings. The van der Waals surface area contributed by atoms with Crippen LogP contribution in [0.2, 0.25) is 0 Å². The Bertz CT molecular complexity index is 648. The van der Waals surface area contributed by atoms with E-state index in [9.17, 15) is 8.60 Å². The van der Waals surface area contributed by atoms with Gasteiger partial charge in [0.2, 0.25) is 0 Å². The normalized spacial score (nSPS) is 15.2.